The maximum atomic E-state index is 11.4. The van der Waals surface area contributed by atoms with Crippen molar-refractivity contribution in [2.24, 2.45) is 0 Å². The van der Waals surface area contributed by atoms with Crippen molar-refractivity contribution < 1.29 is 13.2 Å². The Morgan fingerprint density at radius 2 is 2.28 bits per heavy atom. The molecule has 1 aliphatic rings. The lowest BCUT2D eigenvalue weighted by Gasteiger charge is -1.99. The van der Waals surface area contributed by atoms with E-state index < -0.39 is 9.84 Å². The van der Waals surface area contributed by atoms with Crippen LogP contribution in [0.15, 0.2) is 18.3 Å². The average Bonchev–Trinajstić information content (AvgIpc) is 2.90. The molecule has 6 nitrogen and oxygen atoms in total. The van der Waals surface area contributed by atoms with Crippen LogP contribution in [0.25, 0.3) is 5.65 Å². The molecule has 96 valence electrons. The Balaban J connectivity index is 1.99. The molecule has 18 heavy (non-hydrogen) atoms. The van der Waals surface area contributed by atoms with Crippen molar-refractivity contribution in [3.63, 3.8) is 0 Å². The summed E-state index contributed by atoms with van der Waals surface area (Å²) in [5.41, 5.74) is 0.704. The summed E-state index contributed by atoms with van der Waals surface area (Å²) in [5.74, 6) is 1.60. The maximum absolute atomic E-state index is 11.4. The van der Waals surface area contributed by atoms with Crippen LogP contribution in [-0.4, -0.2) is 41.6 Å². The number of ether oxygens (including phenoxy) is 1. The quantitative estimate of drug-likeness (QED) is 0.798. The lowest BCUT2D eigenvalue weighted by molar-refractivity contribution is 0.411. The summed E-state index contributed by atoms with van der Waals surface area (Å²) >= 11 is 0. The normalized spacial score (nSPS) is 22.4. The predicted octanol–water partition coefficient (Wildman–Crippen LogP) is 0.640. The van der Waals surface area contributed by atoms with Crippen molar-refractivity contribution in [3.05, 3.63) is 24.2 Å². The van der Waals surface area contributed by atoms with Gasteiger partial charge in [0.15, 0.2) is 21.3 Å². The first-order valence-corrected chi connectivity index (χ1v) is 7.50. The van der Waals surface area contributed by atoms with Gasteiger partial charge in [0.2, 0.25) is 0 Å². The Morgan fingerprint density at radius 1 is 1.44 bits per heavy atom. The number of pyridine rings is 1. The van der Waals surface area contributed by atoms with E-state index >= 15 is 0 Å². The molecule has 7 heteroatoms. The van der Waals surface area contributed by atoms with Crippen LogP contribution in [0.1, 0.15) is 18.2 Å². The number of rotatable bonds is 2. The van der Waals surface area contributed by atoms with E-state index in [9.17, 15) is 8.42 Å². The van der Waals surface area contributed by atoms with E-state index in [0.29, 0.717) is 23.6 Å². The summed E-state index contributed by atoms with van der Waals surface area (Å²) in [6.07, 6.45) is 2.34. The largest absolute Gasteiger partial charge is 0.495 e. The molecule has 2 aromatic rings. The molecule has 0 spiro atoms. The molecule has 0 saturated carbocycles. The highest BCUT2D eigenvalue weighted by Crippen LogP contribution is 2.27. The van der Waals surface area contributed by atoms with E-state index in [0.717, 1.165) is 0 Å². The number of hydrogen-bond donors (Lipinski definition) is 0. The van der Waals surface area contributed by atoms with Crippen molar-refractivity contribution in [2.75, 3.05) is 18.6 Å². The Hall–Kier alpha value is -1.63. The van der Waals surface area contributed by atoms with Gasteiger partial charge in [-0.25, -0.2) is 17.9 Å². The molecule has 0 aliphatic carbocycles. The van der Waals surface area contributed by atoms with Crippen LogP contribution < -0.4 is 4.74 Å². The van der Waals surface area contributed by atoms with Gasteiger partial charge in [0.25, 0.3) is 0 Å². The lowest BCUT2D eigenvalue weighted by Crippen LogP contribution is -2.05. The minimum absolute atomic E-state index is 0.0825. The number of methoxy groups -OCH3 is 1. The summed E-state index contributed by atoms with van der Waals surface area (Å²) in [7, 11) is -1.32. The van der Waals surface area contributed by atoms with Crippen LogP contribution in [0.2, 0.25) is 0 Å². The van der Waals surface area contributed by atoms with Crippen molar-refractivity contribution in [1.29, 1.82) is 0 Å². The average molecular weight is 267 g/mol. The third-order valence-corrected chi connectivity index (χ3v) is 4.92. The van der Waals surface area contributed by atoms with Crippen LogP contribution in [0, 0.1) is 0 Å². The number of aromatic nitrogens is 3. The molecule has 0 amide bonds. The van der Waals surface area contributed by atoms with E-state index in [4.69, 9.17) is 4.74 Å². The summed E-state index contributed by atoms with van der Waals surface area (Å²) in [4.78, 5) is 4.37. The van der Waals surface area contributed by atoms with Gasteiger partial charge < -0.3 is 4.74 Å². The smallest absolute Gasteiger partial charge is 0.155 e. The number of sulfone groups is 1. The van der Waals surface area contributed by atoms with E-state index in [2.05, 4.69) is 10.1 Å². The van der Waals surface area contributed by atoms with E-state index in [1.807, 2.05) is 0 Å². The van der Waals surface area contributed by atoms with Gasteiger partial charge in [-0.15, -0.1) is 0 Å². The third-order valence-electron chi connectivity index (χ3n) is 3.15. The Bertz CT molecular complexity index is 693. The lowest BCUT2D eigenvalue weighted by atomic mass is 10.1. The first kappa shape index (κ1) is 11.5. The van der Waals surface area contributed by atoms with E-state index in [1.165, 1.54) is 0 Å². The summed E-state index contributed by atoms with van der Waals surface area (Å²) in [6.45, 7) is 0. The van der Waals surface area contributed by atoms with Gasteiger partial charge in [-0.2, -0.15) is 5.10 Å². The van der Waals surface area contributed by atoms with Crippen LogP contribution in [-0.2, 0) is 9.84 Å². The van der Waals surface area contributed by atoms with Gasteiger partial charge >= 0.3 is 0 Å². The van der Waals surface area contributed by atoms with Crippen molar-refractivity contribution in [2.45, 2.75) is 12.3 Å². The fraction of sp³-hybridized carbons (Fsp3) is 0.455. The number of fused-ring (bicyclic) bond motifs is 1. The highest BCUT2D eigenvalue weighted by molar-refractivity contribution is 7.91. The Kier molecular flexibility index (Phi) is 2.51. The Morgan fingerprint density at radius 3 is 2.94 bits per heavy atom. The second-order valence-corrected chi connectivity index (χ2v) is 6.67. The highest BCUT2D eigenvalue weighted by Gasteiger charge is 2.31. The number of nitrogens with zero attached hydrogens (tertiary/aromatic N) is 3. The second-order valence-electron chi connectivity index (χ2n) is 4.44. The summed E-state index contributed by atoms with van der Waals surface area (Å²) in [6, 6.07) is 3.61. The Labute approximate surface area is 105 Å². The maximum Gasteiger partial charge on any atom is 0.155 e. The predicted molar refractivity (Wildman–Crippen MR) is 65.6 cm³/mol. The van der Waals surface area contributed by atoms with Gasteiger partial charge in [-0.1, -0.05) is 0 Å². The standard InChI is InChI=1S/C11H13N3O3S/c1-17-9-2-3-10-12-11(13-14(10)6-9)8-4-5-18(15,16)7-8/h2-3,6,8H,4-5,7H2,1H3. The van der Waals surface area contributed by atoms with Crippen molar-refractivity contribution in [3.8, 4) is 5.75 Å². The van der Waals surface area contributed by atoms with Gasteiger partial charge in [-0.05, 0) is 18.6 Å². The van der Waals surface area contributed by atoms with E-state index in [-0.39, 0.29) is 17.4 Å². The van der Waals surface area contributed by atoms with Crippen molar-refractivity contribution in [1.82, 2.24) is 14.6 Å². The SMILES string of the molecule is COc1ccc2nc(C3CCS(=O)(=O)C3)nn2c1. The second kappa shape index (κ2) is 3.94. The monoisotopic (exact) mass is 267 g/mol. The zero-order chi connectivity index (χ0) is 12.8. The van der Waals surface area contributed by atoms with Gasteiger partial charge in [0, 0.05) is 5.92 Å². The fourth-order valence-electron chi connectivity index (χ4n) is 2.17. The molecule has 0 N–H and O–H groups in total. The van der Waals surface area contributed by atoms with Crippen LogP contribution in [0.3, 0.4) is 0 Å². The molecule has 1 atom stereocenters. The molecule has 2 aromatic heterocycles. The molecule has 0 aromatic carbocycles. The molecule has 3 rings (SSSR count). The fourth-order valence-corrected chi connectivity index (χ4v) is 3.91. The van der Waals surface area contributed by atoms with Crippen molar-refractivity contribution >= 4 is 15.5 Å². The minimum Gasteiger partial charge on any atom is -0.495 e. The number of hydrogen-bond acceptors (Lipinski definition) is 5. The van der Waals surface area contributed by atoms with E-state index in [1.54, 1.807) is 30.0 Å². The van der Waals surface area contributed by atoms with Crippen LogP contribution >= 0.6 is 0 Å². The van der Waals surface area contributed by atoms with Crippen LogP contribution in [0.5, 0.6) is 5.75 Å². The topological polar surface area (TPSA) is 73.6 Å². The molecule has 1 fully saturated rings. The molecule has 3 heterocycles. The van der Waals surface area contributed by atoms with Gasteiger partial charge in [-0.3, -0.25) is 0 Å². The minimum atomic E-state index is -2.91. The molecule has 1 aliphatic heterocycles. The third kappa shape index (κ3) is 1.94. The molecule has 0 bridgehead atoms. The molecule has 1 saturated heterocycles. The zero-order valence-electron chi connectivity index (χ0n) is 9.91. The molecular weight excluding hydrogens is 254 g/mol. The first-order chi connectivity index (χ1) is 8.57. The molecule has 0 radical (unpaired) electrons. The first-order valence-electron chi connectivity index (χ1n) is 5.68. The van der Waals surface area contributed by atoms with Gasteiger partial charge in [0.05, 0.1) is 24.8 Å². The van der Waals surface area contributed by atoms with Crippen LogP contribution in [0.4, 0.5) is 0 Å². The summed E-state index contributed by atoms with van der Waals surface area (Å²) in [5, 5.41) is 4.33. The van der Waals surface area contributed by atoms with Gasteiger partial charge in [0.1, 0.15) is 5.75 Å². The molecule has 1 unspecified atom stereocenters. The highest BCUT2D eigenvalue weighted by atomic mass is 32.2. The summed E-state index contributed by atoms with van der Waals surface area (Å²) < 4.78 is 29.6. The molecular formula is C11H13N3O3S. The zero-order valence-corrected chi connectivity index (χ0v) is 10.7.